The maximum Gasteiger partial charge on any atom is 0.231 e. The molecule has 2 atom stereocenters. The Labute approximate surface area is 205 Å². The molecule has 0 fully saturated rings. The number of benzene rings is 2. The summed E-state index contributed by atoms with van der Waals surface area (Å²) in [4.78, 5) is 9.09. The van der Waals surface area contributed by atoms with E-state index in [2.05, 4.69) is 9.98 Å². The summed E-state index contributed by atoms with van der Waals surface area (Å²) in [6.45, 7) is 0.154. The van der Waals surface area contributed by atoms with Crippen LogP contribution in [0.25, 0.3) is 11.1 Å². The average molecular weight is 500 g/mol. The molecule has 4 aliphatic rings. The van der Waals surface area contributed by atoms with Crippen molar-refractivity contribution in [2.24, 2.45) is 9.98 Å². The van der Waals surface area contributed by atoms with Crippen LogP contribution in [0.4, 0.5) is 0 Å². The molecule has 0 aromatic heterocycles. The Morgan fingerprint density at radius 2 is 1.17 bits per heavy atom. The van der Waals surface area contributed by atoms with Crippen LogP contribution in [-0.2, 0) is 9.47 Å². The molecule has 2 aromatic carbocycles. The first-order chi connectivity index (χ1) is 17.7. The Morgan fingerprint density at radius 1 is 0.722 bits per heavy atom. The van der Waals surface area contributed by atoms with Crippen LogP contribution in [0.15, 0.2) is 22.1 Å². The van der Waals surface area contributed by atoms with E-state index in [1.807, 2.05) is 0 Å². The van der Waals surface area contributed by atoms with Crippen LogP contribution >= 0.6 is 0 Å². The lowest BCUT2D eigenvalue weighted by atomic mass is 9.91. The molecule has 4 aliphatic heterocycles. The van der Waals surface area contributed by atoms with Gasteiger partial charge >= 0.3 is 0 Å². The lowest BCUT2D eigenvalue weighted by Crippen LogP contribution is -2.11. The largest absolute Gasteiger partial charge is 0.492 e. The van der Waals surface area contributed by atoms with Crippen molar-refractivity contribution in [1.82, 2.24) is 0 Å². The molecule has 190 valence electrons. The highest BCUT2D eigenvalue weighted by Crippen LogP contribution is 2.56. The third kappa shape index (κ3) is 3.44. The van der Waals surface area contributed by atoms with Gasteiger partial charge in [-0.3, -0.25) is 0 Å². The smallest absolute Gasteiger partial charge is 0.231 e. The Kier molecular flexibility index (Phi) is 5.61. The number of methoxy groups -OCH3 is 2. The number of nitrogens with zero attached hydrogens (tertiary/aromatic N) is 2. The number of rotatable bonds is 7. The molecule has 12 nitrogen and oxygen atoms in total. The maximum absolute atomic E-state index is 9.64. The number of aliphatic hydroxyl groups excluding tert-OH is 2. The fraction of sp³-hybridized carbons (Fsp3) is 0.417. The van der Waals surface area contributed by atoms with Crippen molar-refractivity contribution < 1.29 is 48.1 Å². The SMILES string of the molecule is COc1c2c(cc(C3=N[C@H](CO)CO3)c1-c1c(C3=N[C@H](CO)CO3)cc3c(c1OC)OCO3)OCO2. The van der Waals surface area contributed by atoms with Gasteiger partial charge in [-0.2, -0.15) is 0 Å². The third-order valence-corrected chi connectivity index (χ3v) is 6.20. The first-order valence-corrected chi connectivity index (χ1v) is 11.3. The molecule has 6 rings (SSSR count). The molecule has 0 saturated heterocycles. The minimum absolute atomic E-state index is 0.0142. The lowest BCUT2D eigenvalue weighted by Gasteiger charge is -2.21. The van der Waals surface area contributed by atoms with Crippen molar-refractivity contribution in [1.29, 1.82) is 0 Å². The summed E-state index contributed by atoms with van der Waals surface area (Å²) >= 11 is 0. The van der Waals surface area contributed by atoms with Gasteiger partial charge in [0.05, 0.1) is 38.6 Å². The summed E-state index contributed by atoms with van der Waals surface area (Å²) in [6.07, 6.45) is 0. The van der Waals surface area contributed by atoms with Gasteiger partial charge in [0.2, 0.25) is 36.9 Å². The van der Waals surface area contributed by atoms with Gasteiger partial charge in [-0.25, -0.2) is 9.98 Å². The highest BCUT2D eigenvalue weighted by atomic mass is 16.7. The predicted octanol–water partition coefficient (Wildman–Crippen LogP) is 1.10. The zero-order chi connectivity index (χ0) is 24.8. The van der Waals surface area contributed by atoms with E-state index in [0.717, 1.165) is 0 Å². The van der Waals surface area contributed by atoms with Crippen LogP contribution < -0.4 is 28.4 Å². The molecule has 0 unspecified atom stereocenters. The predicted molar refractivity (Wildman–Crippen MR) is 124 cm³/mol. The highest BCUT2D eigenvalue weighted by molar-refractivity contribution is 6.11. The van der Waals surface area contributed by atoms with Gasteiger partial charge in [-0.05, 0) is 12.1 Å². The molecule has 12 heteroatoms. The van der Waals surface area contributed by atoms with E-state index < -0.39 is 12.1 Å². The molecular formula is C24H24N2O10. The van der Waals surface area contributed by atoms with Gasteiger partial charge in [0.1, 0.15) is 25.3 Å². The van der Waals surface area contributed by atoms with Crippen LogP contribution in [0.3, 0.4) is 0 Å². The van der Waals surface area contributed by atoms with E-state index in [1.165, 1.54) is 14.2 Å². The van der Waals surface area contributed by atoms with Gasteiger partial charge < -0.3 is 48.1 Å². The minimum Gasteiger partial charge on any atom is -0.492 e. The van der Waals surface area contributed by atoms with Crippen molar-refractivity contribution in [2.75, 3.05) is 54.2 Å². The molecule has 2 N–H and O–H groups in total. The summed E-state index contributed by atoms with van der Waals surface area (Å²) < 4.78 is 46.3. The Morgan fingerprint density at radius 3 is 1.53 bits per heavy atom. The van der Waals surface area contributed by atoms with Gasteiger partial charge in [-0.1, -0.05) is 0 Å². The van der Waals surface area contributed by atoms with E-state index in [-0.39, 0.29) is 40.0 Å². The highest BCUT2D eigenvalue weighted by Gasteiger charge is 2.37. The second kappa shape index (κ2) is 8.95. The lowest BCUT2D eigenvalue weighted by molar-refractivity contribution is 0.171. The summed E-state index contributed by atoms with van der Waals surface area (Å²) in [7, 11) is 3.03. The quantitative estimate of drug-likeness (QED) is 0.568. The third-order valence-electron chi connectivity index (χ3n) is 6.20. The van der Waals surface area contributed by atoms with E-state index in [0.29, 0.717) is 68.5 Å². The molecule has 0 radical (unpaired) electrons. The summed E-state index contributed by atoms with van der Waals surface area (Å²) in [5.74, 6) is 3.04. The molecule has 2 aromatic rings. The van der Waals surface area contributed by atoms with Crippen molar-refractivity contribution >= 4 is 11.8 Å². The second-order valence-electron chi connectivity index (χ2n) is 8.30. The first-order valence-electron chi connectivity index (χ1n) is 11.3. The Balaban J connectivity index is 1.68. The number of aliphatic hydroxyl groups is 2. The minimum atomic E-state index is -0.407. The van der Waals surface area contributed by atoms with Crippen LogP contribution in [0, 0.1) is 0 Å². The molecule has 0 spiro atoms. The van der Waals surface area contributed by atoms with E-state index >= 15 is 0 Å². The monoisotopic (exact) mass is 500 g/mol. The number of fused-ring (bicyclic) bond motifs is 2. The zero-order valence-corrected chi connectivity index (χ0v) is 19.6. The molecule has 4 heterocycles. The Bertz CT molecular complexity index is 1180. The van der Waals surface area contributed by atoms with E-state index in [1.54, 1.807) is 12.1 Å². The summed E-state index contributed by atoms with van der Waals surface area (Å²) in [6, 6.07) is 2.69. The van der Waals surface area contributed by atoms with E-state index in [4.69, 9.17) is 37.9 Å². The molecule has 0 saturated carbocycles. The molecular weight excluding hydrogens is 476 g/mol. The topological polar surface area (TPSA) is 139 Å². The molecule has 36 heavy (non-hydrogen) atoms. The van der Waals surface area contributed by atoms with Crippen LogP contribution in [-0.4, -0.2) is 88.3 Å². The standard InChI is InChI=1S/C24H24N2O10/c1-29-21-17(13(3-15-19(21)35-9-33-15)23-25-11(5-27)7-31-23)18-14(24-26-12(6-28)8-32-24)4-16-20(22(18)30-2)36-10-34-16/h3-4,11-12,27-28H,5-10H2,1-2H3/t11-,12-/m1/s1. The van der Waals surface area contributed by atoms with Gasteiger partial charge in [0, 0.05) is 11.1 Å². The number of hydrogen-bond donors (Lipinski definition) is 2. The van der Waals surface area contributed by atoms with Crippen molar-refractivity contribution in [2.45, 2.75) is 12.1 Å². The van der Waals surface area contributed by atoms with Crippen molar-refractivity contribution in [3.8, 4) is 45.6 Å². The molecule has 0 aliphatic carbocycles. The van der Waals surface area contributed by atoms with Gasteiger partial charge in [0.15, 0.2) is 23.0 Å². The summed E-state index contributed by atoms with van der Waals surface area (Å²) in [5.41, 5.74) is 2.09. The van der Waals surface area contributed by atoms with Crippen LogP contribution in [0.5, 0.6) is 34.5 Å². The van der Waals surface area contributed by atoms with E-state index in [9.17, 15) is 10.2 Å². The summed E-state index contributed by atoms with van der Waals surface area (Å²) in [5, 5.41) is 19.3. The fourth-order valence-electron chi connectivity index (χ4n) is 4.56. The number of aliphatic imine (C=N–C) groups is 2. The van der Waals surface area contributed by atoms with Crippen LogP contribution in [0.1, 0.15) is 11.1 Å². The van der Waals surface area contributed by atoms with Gasteiger partial charge in [0.25, 0.3) is 0 Å². The fourth-order valence-corrected chi connectivity index (χ4v) is 4.56. The molecule has 0 bridgehead atoms. The van der Waals surface area contributed by atoms with Crippen molar-refractivity contribution in [3.05, 3.63) is 23.3 Å². The zero-order valence-electron chi connectivity index (χ0n) is 19.6. The normalized spacial score (nSPS) is 21.1. The second-order valence-corrected chi connectivity index (χ2v) is 8.30. The first kappa shape index (κ1) is 22.6. The van der Waals surface area contributed by atoms with Crippen molar-refractivity contribution in [3.63, 3.8) is 0 Å². The number of ether oxygens (including phenoxy) is 8. The van der Waals surface area contributed by atoms with Gasteiger partial charge in [-0.15, -0.1) is 0 Å². The molecule has 0 amide bonds. The number of hydrogen-bond acceptors (Lipinski definition) is 12. The average Bonchev–Trinajstić information content (AvgIpc) is 3.72. The Hall–Kier alpha value is -3.90. The maximum atomic E-state index is 9.64. The van der Waals surface area contributed by atoms with Crippen LogP contribution in [0.2, 0.25) is 0 Å².